The monoisotopic (exact) mass is 265 g/mol. The van der Waals surface area contributed by atoms with Crippen LogP contribution in [0.15, 0.2) is 30.3 Å². The molecule has 1 atom stereocenters. The second-order valence-corrected chi connectivity index (χ2v) is 4.43. The Morgan fingerprint density at radius 1 is 1.42 bits per heavy atom. The van der Waals surface area contributed by atoms with Crippen LogP contribution in [0, 0.1) is 0 Å². The summed E-state index contributed by atoms with van der Waals surface area (Å²) in [6, 6.07) is 9.43. The highest BCUT2D eigenvalue weighted by Crippen LogP contribution is 2.10. The van der Waals surface area contributed by atoms with E-state index >= 15 is 0 Å². The molecule has 0 saturated carbocycles. The fraction of sp³-hybridized carbons (Fsp3) is 0.500. The molecule has 2 rings (SSSR count). The summed E-state index contributed by atoms with van der Waals surface area (Å²) in [5.74, 6) is 0.809. The number of morpholine rings is 1. The highest BCUT2D eigenvalue weighted by molar-refractivity contribution is 5.76. The average Bonchev–Trinajstić information content (AvgIpc) is 2.48. The Morgan fingerprint density at radius 3 is 2.95 bits per heavy atom. The summed E-state index contributed by atoms with van der Waals surface area (Å²) in [5, 5.41) is 9.03. The molecule has 19 heavy (non-hydrogen) atoms. The SMILES string of the molecule is O=C(CCOc1ccccc1)N1CCOC(CO)C1. The molecular weight excluding hydrogens is 246 g/mol. The lowest BCUT2D eigenvalue weighted by Gasteiger charge is -2.32. The lowest BCUT2D eigenvalue weighted by Crippen LogP contribution is -2.47. The van der Waals surface area contributed by atoms with E-state index in [1.165, 1.54) is 0 Å². The Morgan fingerprint density at radius 2 is 2.21 bits per heavy atom. The molecule has 5 nitrogen and oxygen atoms in total. The van der Waals surface area contributed by atoms with Gasteiger partial charge in [0, 0.05) is 13.1 Å². The van der Waals surface area contributed by atoms with E-state index in [9.17, 15) is 4.79 Å². The minimum Gasteiger partial charge on any atom is -0.493 e. The Labute approximate surface area is 112 Å². The van der Waals surface area contributed by atoms with Gasteiger partial charge in [0.1, 0.15) is 5.75 Å². The molecule has 1 aliphatic heterocycles. The fourth-order valence-electron chi connectivity index (χ4n) is 1.99. The molecule has 1 aliphatic rings. The summed E-state index contributed by atoms with van der Waals surface area (Å²) in [7, 11) is 0. The Hall–Kier alpha value is -1.59. The largest absolute Gasteiger partial charge is 0.493 e. The van der Waals surface area contributed by atoms with Gasteiger partial charge in [-0.25, -0.2) is 0 Å². The van der Waals surface area contributed by atoms with E-state index in [1.807, 2.05) is 30.3 Å². The van der Waals surface area contributed by atoms with Crippen LogP contribution in [0.25, 0.3) is 0 Å². The molecule has 1 aromatic rings. The maximum Gasteiger partial charge on any atom is 0.226 e. The Kier molecular flexibility index (Phi) is 5.18. The van der Waals surface area contributed by atoms with Crippen LogP contribution in [-0.4, -0.2) is 54.9 Å². The molecule has 1 aromatic carbocycles. The van der Waals surface area contributed by atoms with Crippen molar-refractivity contribution in [2.45, 2.75) is 12.5 Å². The van der Waals surface area contributed by atoms with Gasteiger partial charge in [-0.15, -0.1) is 0 Å². The van der Waals surface area contributed by atoms with Gasteiger partial charge in [-0.2, -0.15) is 0 Å². The highest BCUT2D eigenvalue weighted by Gasteiger charge is 2.23. The summed E-state index contributed by atoms with van der Waals surface area (Å²) in [6.07, 6.45) is 0.0836. The van der Waals surface area contributed by atoms with Gasteiger partial charge in [0.25, 0.3) is 0 Å². The molecule has 0 spiro atoms. The summed E-state index contributed by atoms with van der Waals surface area (Å²) < 4.78 is 10.8. The standard InChI is InChI=1S/C14H19NO4/c16-11-13-10-15(7-9-19-13)14(17)6-8-18-12-4-2-1-3-5-12/h1-5,13,16H,6-11H2. The van der Waals surface area contributed by atoms with E-state index < -0.39 is 0 Å². The van der Waals surface area contributed by atoms with Gasteiger partial charge < -0.3 is 19.5 Å². The molecule has 1 unspecified atom stereocenters. The van der Waals surface area contributed by atoms with Crippen LogP contribution in [0.5, 0.6) is 5.75 Å². The minimum atomic E-state index is -0.257. The van der Waals surface area contributed by atoms with Crippen molar-refractivity contribution < 1.29 is 19.4 Å². The zero-order valence-corrected chi connectivity index (χ0v) is 10.8. The lowest BCUT2D eigenvalue weighted by molar-refractivity contribution is -0.140. The number of ether oxygens (including phenoxy) is 2. The van der Waals surface area contributed by atoms with E-state index in [2.05, 4.69) is 0 Å². The number of amides is 1. The number of para-hydroxylation sites is 1. The number of nitrogens with zero attached hydrogens (tertiary/aromatic N) is 1. The lowest BCUT2D eigenvalue weighted by atomic mass is 10.2. The van der Waals surface area contributed by atoms with Crippen molar-refractivity contribution in [3.8, 4) is 5.75 Å². The molecule has 0 radical (unpaired) electrons. The molecular formula is C14H19NO4. The normalized spacial score (nSPS) is 19.2. The topological polar surface area (TPSA) is 59.0 Å². The average molecular weight is 265 g/mol. The van der Waals surface area contributed by atoms with Crippen molar-refractivity contribution in [2.24, 2.45) is 0 Å². The summed E-state index contributed by atoms with van der Waals surface area (Å²) in [5.41, 5.74) is 0. The second kappa shape index (κ2) is 7.11. The third-order valence-electron chi connectivity index (χ3n) is 3.02. The van der Waals surface area contributed by atoms with Gasteiger partial charge in [0.15, 0.2) is 0 Å². The number of aliphatic hydroxyl groups is 1. The van der Waals surface area contributed by atoms with Crippen LogP contribution in [-0.2, 0) is 9.53 Å². The predicted molar refractivity (Wildman–Crippen MR) is 70.0 cm³/mol. The number of hydrogen-bond donors (Lipinski definition) is 1. The number of aliphatic hydroxyl groups excluding tert-OH is 1. The molecule has 0 aliphatic carbocycles. The van der Waals surface area contributed by atoms with Gasteiger partial charge in [-0.05, 0) is 12.1 Å². The number of carbonyl (C=O) groups is 1. The minimum absolute atomic E-state index is 0.0395. The molecule has 0 aromatic heterocycles. The van der Waals surface area contributed by atoms with Crippen molar-refractivity contribution in [2.75, 3.05) is 32.9 Å². The third-order valence-corrected chi connectivity index (χ3v) is 3.02. The summed E-state index contributed by atoms with van der Waals surface area (Å²) in [6.45, 7) is 1.84. The number of benzene rings is 1. The number of hydrogen-bond acceptors (Lipinski definition) is 4. The fourth-order valence-corrected chi connectivity index (χ4v) is 1.99. The van der Waals surface area contributed by atoms with Crippen LogP contribution in [0.2, 0.25) is 0 Å². The van der Waals surface area contributed by atoms with Gasteiger partial charge in [0.05, 0.1) is 32.3 Å². The zero-order chi connectivity index (χ0) is 13.5. The zero-order valence-electron chi connectivity index (χ0n) is 10.8. The van der Waals surface area contributed by atoms with E-state index in [0.717, 1.165) is 5.75 Å². The maximum absolute atomic E-state index is 12.0. The first-order chi connectivity index (χ1) is 9.29. The van der Waals surface area contributed by atoms with E-state index in [0.29, 0.717) is 32.7 Å². The maximum atomic E-state index is 12.0. The first-order valence-electron chi connectivity index (χ1n) is 6.47. The molecule has 1 fully saturated rings. The molecule has 1 N–H and O–H groups in total. The molecule has 104 valence electrons. The van der Waals surface area contributed by atoms with Crippen LogP contribution in [0.3, 0.4) is 0 Å². The Balaban J connectivity index is 1.72. The summed E-state index contributed by atoms with van der Waals surface area (Å²) >= 11 is 0. The smallest absolute Gasteiger partial charge is 0.226 e. The Bertz CT molecular complexity index is 396. The second-order valence-electron chi connectivity index (χ2n) is 4.43. The van der Waals surface area contributed by atoms with Crippen molar-refractivity contribution >= 4 is 5.91 Å². The van der Waals surface area contributed by atoms with Gasteiger partial charge >= 0.3 is 0 Å². The van der Waals surface area contributed by atoms with Gasteiger partial charge in [-0.1, -0.05) is 18.2 Å². The first kappa shape index (κ1) is 13.8. The number of carbonyl (C=O) groups excluding carboxylic acids is 1. The first-order valence-corrected chi connectivity index (χ1v) is 6.47. The molecule has 1 heterocycles. The van der Waals surface area contributed by atoms with E-state index in [1.54, 1.807) is 4.90 Å². The van der Waals surface area contributed by atoms with Crippen molar-refractivity contribution in [3.63, 3.8) is 0 Å². The number of rotatable bonds is 5. The van der Waals surface area contributed by atoms with Crippen LogP contribution < -0.4 is 4.74 Å². The van der Waals surface area contributed by atoms with Crippen LogP contribution >= 0.6 is 0 Å². The van der Waals surface area contributed by atoms with E-state index in [4.69, 9.17) is 14.6 Å². The molecule has 0 bridgehead atoms. The molecule has 1 saturated heterocycles. The molecule has 5 heteroatoms. The predicted octanol–water partition coefficient (Wildman–Crippen LogP) is 0.675. The highest BCUT2D eigenvalue weighted by atomic mass is 16.5. The third kappa shape index (κ3) is 4.22. The van der Waals surface area contributed by atoms with Gasteiger partial charge in [0.2, 0.25) is 5.91 Å². The van der Waals surface area contributed by atoms with E-state index in [-0.39, 0.29) is 18.6 Å². The summed E-state index contributed by atoms with van der Waals surface area (Å²) in [4.78, 5) is 13.7. The van der Waals surface area contributed by atoms with Gasteiger partial charge in [-0.3, -0.25) is 4.79 Å². The molecule has 1 amide bonds. The van der Waals surface area contributed by atoms with Crippen molar-refractivity contribution in [1.82, 2.24) is 4.90 Å². The van der Waals surface area contributed by atoms with Crippen molar-refractivity contribution in [3.05, 3.63) is 30.3 Å². The van der Waals surface area contributed by atoms with Crippen LogP contribution in [0.1, 0.15) is 6.42 Å². The van der Waals surface area contributed by atoms with Crippen LogP contribution in [0.4, 0.5) is 0 Å². The van der Waals surface area contributed by atoms with Crippen molar-refractivity contribution in [1.29, 1.82) is 0 Å². The quantitative estimate of drug-likeness (QED) is 0.850.